The van der Waals surface area contributed by atoms with Crippen molar-refractivity contribution in [2.75, 3.05) is 26.5 Å². The second-order valence-electron chi connectivity index (χ2n) is 20.9. The van der Waals surface area contributed by atoms with Gasteiger partial charge in [-0.1, -0.05) is 68.2 Å². The predicted octanol–water partition coefficient (Wildman–Crippen LogP) is 9.30. The molecule has 4 saturated carbocycles. The van der Waals surface area contributed by atoms with Crippen molar-refractivity contribution in [3.63, 3.8) is 0 Å². The molecule has 352 valence electrons. The summed E-state index contributed by atoms with van der Waals surface area (Å²) in [6, 6.07) is 7.80. The smallest absolute Gasteiger partial charge is 0.208 e. The van der Waals surface area contributed by atoms with Crippen LogP contribution in [0.4, 0.5) is 0 Å². The van der Waals surface area contributed by atoms with Crippen LogP contribution in [0.1, 0.15) is 140 Å². The summed E-state index contributed by atoms with van der Waals surface area (Å²) in [7, 11) is -1.83. The Morgan fingerprint density at radius 1 is 0.714 bits per heavy atom. The lowest BCUT2D eigenvalue weighted by Crippen LogP contribution is -2.60. The van der Waals surface area contributed by atoms with Crippen LogP contribution < -0.4 is 10.5 Å². The molecule has 5 aliphatic rings. The predicted molar refractivity (Wildman–Crippen MR) is 252 cm³/mol. The summed E-state index contributed by atoms with van der Waals surface area (Å²) in [6.07, 6.45) is 11.7. The molecule has 1 heterocycles. The molecule has 0 aromatic heterocycles. The number of sulfonamides is 1. The van der Waals surface area contributed by atoms with E-state index in [1.54, 1.807) is 7.05 Å². The number of phenolic OH excluding ortho intramolecular Hbond substituents is 4. The van der Waals surface area contributed by atoms with E-state index < -0.39 is 15.9 Å². The molecule has 63 heavy (non-hydrogen) atoms. The standard InChI is InChI=1S/C22H33NO5S.C21H31NO3.C4H8O.C2H3NS/c1-13-17(23-29(5,27)28)12-18-21(2,3)7-6-8-22(18,4)19(13)20(26)14-9-15(24)11-16(25)10-14;1-12-16(22)11-17-20(2,3)6-5-7-21(17,4)18(12)19(25)13-8-14(23)10-15(24)9-13;1-2-4-5-3-1;1-3-2-4/h9-11,13,17-19,23-25H,6-8,12H2,1-5H3;8-10,12,16-18,23-24H,5-7,11,22H2,1-4H3;1-4H2;1H3/t13-,17-,18+,19-,22+;12-,16-,17+,18-,21+;;/m11../s1. The lowest BCUT2D eigenvalue weighted by Gasteiger charge is -2.60. The number of carbonyl (C=O) groups excluding carboxylic acids is 2. The van der Waals surface area contributed by atoms with Crippen LogP contribution in [0.25, 0.3) is 0 Å². The third-order valence-electron chi connectivity index (χ3n) is 15.6. The maximum Gasteiger partial charge on any atom is 0.208 e. The molecule has 14 heteroatoms. The van der Waals surface area contributed by atoms with Gasteiger partial charge < -0.3 is 30.9 Å². The number of nitrogens with two attached hydrogens (primary N) is 1. The molecule has 2 aromatic carbocycles. The van der Waals surface area contributed by atoms with Crippen LogP contribution in [0.3, 0.4) is 0 Å². The lowest BCUT2D eigenvalue weighted by molar-refractivity contribution is -0.0887. The zero-order valence-corrected chi connectivity index (χ0v) is 40.9. The number of carbonyl (C=O) groups is 2. The Kier molecular flexibility index (Phi) is 17.3. The van der Waals surface area contributed by atoms with Gasteiger partial charge in [-0.25, -0.2) is 18.1 Å². The van der Waals surface area contributed by atoms with Gasteiger partial charge in [0, 0.05) is 67.4 Å². The van der Waals surface area contributed by atoms with E-state index in [-0.39, 0.29) is 97.5 Å². The minimum absolute atomic E-state index is 0.000880. The summed E-state index contributed by atoms with van der Waals surface area (Å²) < 4.78 is 31.8. The van der Waals surface area contributed by atoms with Crippen molar-refractivity contribution in [1.82, 2.24) is 4.72 Å². The molecule has 7 rings (SSSR count). The first-order valence-corrected chi connectivity index (χ1v) is 24.9. The van der Waals surface area contributed by atoms with E-state index in [0.717, 1.165) is 58.0 Å². The van der Waals surface area contributed by atoms with Crippen LogP contribution in [0.15, 0.2) is 41.4 Å². The number of hydrogen-bond acceptors (Lipinski definition) is 12. The molecular weight excluding hydrogens is 839 g/mol. The molecule has 1 saturated heterocycles. The van der Waals surface area contributed by atoms with Gasteiger partial charge in [0.1, 0.15) is 23.0 Å². The van der Waals surface area contributed by atoms with E-state index in [0.29, 0.717) is 17.9 Å². The van der Waals surface area contributed by atoms with E-state index >= 15 is 0 Å². The van der Waals surface area contributed by atoms with Gasteiger partial charge in [0.05, 0.1) is 11.4 Å². The molecule has 2 aromatic rings. The molecule has 10 atom stereocenters. The summed E-state index contributed by atoms with van der Waals surface area (Å²) in [4.78, 5) is 30.5. The highest BCUT2D eigenvalue weighted by atomic mass is 32.2. The van der Waals surface area contributed by atoms with Crippen molar-refractivity contribution in [1.29, 1.82) is 0 Å². The Morgan fingerprint density at radius 2 is 1.10 bits per heavy atom. The van der Waals surface area contributed by atoms with E-state index in [4.69, 9.17) is 10.5 Å². The molecule has 0 bridgehead atoms. The summed E-state index contributed by atoms with van der Waals surface area (Å²) >= 11 is 4.14. The Hall–Kier alpha value is -3.39. The van der Waals surface area contributed by atoms with Crippen molar-refractivity contribution >= 4 is 39.0 Å². The molecule has 5 fully saturated rings. The average Bonchev–Trinajstić information content (AvgIpc) is 3.76. The first-order valence-electron chi connectivity index (χ1n) is 22.6. The van der Waals surface area contributed by atoms with Gasteiger partial charge in [-0.2, -0.15) is 0 Å². The van der Waals surface area contributed by atoms with Gasteiger partial charge in [0.25, 0.3) is 0 Å². The number of thiocarbonyl (C=S) groups is 1. The number of rotatable bonds is 6. The quantitative estimate of drug-likeness (QED) is 0.0914. The number of aromatic hydroxyl groups is 4. The van der Waals surface area contributed by atoms with Crippen LogP contribution in [-0.4, -0.2) is 84.2 Å². The highest BCUT2D eigenvalue weighted by molar-refractivity contribution is 7.88. The minimum Gasteiger partial charge on any atom is -0.508 e. The fourth-order valence-electron chi connectivity index (χ4n) is 12.7. The number of ketones is 2. The molecular formula is C49H75N3O9S2. The summed E-state index contributed by atoms with van der Waals surface area (Å²) in [5.74, 6) is -0.788. The number of isothiocyanates is 1. The first kappa shape index (κ1) is 52.2. The Balaban J connectivity index is 0.000000232. The lowest BCUT2D eigenvalue weighted by atomic mass is 9.45. The number of phenols is 4. The fourth-order valence-corrected chi connectivity index (χ4v) is 13.6. The number of nitrogens with one attached hydrogen (secondary N) is 1. The van der Waals surface area contributed by atoms with Crippen molar-refractivity contribution in [2.24, 2.45) is 67.9 Å². The monoisotopic (exact) mass is 913 g/mol. The third kappa shape index (κ3) is 12.3. The molecule has 4 aliphatic carbocycles. The Labute approximate surface area is 381 Å². The van der Waals surface area contributed by atoms with Crippen molar-refractivity contribution in [3.8, 4) is 23.0 Å². The number of Topliss-reactive ketones (excluding diaryl/α,β-unsaturated/α-hetero) is 2. The molecule has 1 aliphatic heterocycles. The van der Waals surface area contributed by atoms with Gasteiger partial charge in [0.15, 0.2) is 11.6 Å². The number of fused-ring (bicyclic) bond motifs is 2. The van der Waals surface area contributed by atoms with Gasteiger partial charge in [-0.15, -0.1) is 0 Å². The van der Waals surface area contributed by atoms with E-state index in [1.807, 2.05) is 6.92 Å². The zero-order valence-electron chi connectivity index (χ0n) is 39.2. The molecule has 12 nitrogen and oxygen atoms in total. The van der Waals surface area contributed by atoms with Gasteiger partial charge in [0.2, 0.25) is 10.0 Å². The highest BCUT2D eigenvalue weighted by Crippen LogP contribution is 2.63. The zero-order chi connectivity index (χ0) is 47.3. The van der Waals surface area contributed by atoms with Gasteiger partial charge in [-0.3, -0.25) is 9.59 Å². The van der Waals surface area contributed by atoms with E-state index in [9.17, 15) is 38.4 Å². The second-order valence-corrected chi connectivity index (χ2v) is 22.9. The molecule has 0 spiro atoms. The van der Waals surface area contributed by atoms with Gasteiger partial charge in [-0.05, 0) is 133 Å². The normalized spacial score (nSPS) is 32.8. The Morgan fingerprint density at radius 3 is 1.44 bits per heavy atom. The average molecular weight is 914 g/mol. The maximum absolute atomic E-state index is 13.7. The van der Waals surface area contributed by atoms with Crippen LogP contribution >= 0.6 is 12.2 Å². The number of benzene rings is 2. The molecule has 7 N–H and O–H groups in total. The number of aliphatic imine (C=N–C) groups is 1. The largest absolute Gasteiger partial charge is 0.508 e. The number of hydrogen-bond donors (Lipinski definition) is 6. The minimum atomic E-state index is -3.42. The molecule has 0 radical (unpaired) electrons. The highest BCUT2D eigenvalue weighted by Gasteiger charge is 2.60. The Bertz CT molecular complexity index is 2030. The van der Waals surface area contributed by atoms with E-state index in [1.165, 1.54) is 55.7 Å². The van der Waals surface area contributed by atoms with E-state index in [2.05, 4.69) is 75.6 Å². The van der Waals surface area contributed by atoms with Crippen molar-refractivity contribution in [3.05, 3.63) is 47.5 Å². The molecule has 0 amide bonds. The number of ether oxygens (including phenoxy) is 1. The van der Waals surface area contributed by atoms with Crippen molar-refractivity contribution < 1.29 is 43.2 Å². The summed E-state index contributed by atoms with van der Waals surface area (Å²) in [5.41, 5.74) is 6.90. The summed E-state index contributed by atoms with van der Waals surface area (Å²) in [5, 5.41) is 41.5. The fraction of sp³-hybridized carbons (Fsp3) is 0.694. The van der Waals surface area contributed by atoms with Crippen molar-refractivity contribution in [2.45, 2.75) is 132 Å². The van der Waals surface area contributed by atoms with Gasteiger partial charge >= 0.3 is 0 Å². The molecule has 0 unspecified atom stereocenters. The van der Waals surface area contributed by atoms with Crippen LogP contribution in [0.5, 0.6) is 23.0 Å². The SMILES string of the molecule is C1CCOC1.CN=C=S.C[C@@H]1[C@H](N)C[C@H]2C(C)(C)CCC[C@]2(C)[C@H]1C(=O)c1cc(O)cc(O)c1.C[C@@H]1[C@H](NS(C)(=O)=O)C[C@H]2C(C)(C)CCC[C@]2(C)[C@H]1C(=O)c1cc(O)cc(O)c1. The van der Waals surface area contributed by atoms with Crippen LogP contribution in [-0.2, 0) is 14.8 Å². The summed E-state index contributed by atoms with van der Waals surface area (Å²) in [6.45, 7) is 19.5. The third-order valence-corrected chi connectivity index (χ3v) is 16.5. The van der Waals surface area contributed by atoms with Crippen LogP contribution in [0, 0.1) is 57.2 Å². The number of nitrogens with zero attached hydrogens (tertiary/aromatic N) is 1. The topological polar surface area (TPSA) is 209 Å². The first-order chi connectivity index (χ1) is 29.2. The second kappa shape index (κ2) is 20.8. The van der Waals surface area contributed by atoms with Crippen LogP contribution in [0.2, 0.25) is 0 Å². The maximum atomic E-state index is 13.7.